The van der Waals surface area contributed by atoms with Crippen LogP contribution in [0, 0.1) is 0 Å². The molecule has 0 saturated heterocycles. The Morgan fingerprint density at radius 3 is 2.90 bits per heavy atom. The van der Waals surface area contributed by atoms with E-state index in [1.807, 2.05) is 12.1 Å². The first kappa shape index (κ1) is 17.9. The number of nitrogens with one attached hydrogen (secondary N) is 1. The van der Waals surface area contributed by atoms with Gasteiger partial charge in [-0.05, 0) is 60.7 Å². The Labute approximate surface area is 172 Å². The number of carbonyl (C=O) groups is 1. The first-order valence-corrected chi connectivity index (χ1v) is 9.99. The van der Waals surface area contributed by atoms with Crippen LogP contribution in [-0.2, 0) is 6.42 Å². The number of hydrogen-bond donors (Lipinski definition) is 1. The standard InChI is InChI=1S/C23H18ClN3O2/c24-15-10-11-20-18(13-15)23(29)27-12-4-8-17(21(27)25-20)22(28)26-19-9-3-6-14-5-1-2-7-16(14)19/h1-2,4-5,7-8,10-13,19H,3,6,9H2,(H,26,28). The highest BCUT2D eigenvalue weighted by molar-refractivity contribution is 6.31. The molecule has 5 rings (SSSR count). The van der Waals surface area contributed by atoms with Crippen molar-refractivity contribution in [3.8, 4) is 0 Å². The normalized spacial score (nSPS) is 16.0. The van der Waals surface area contributed by atoms with Gasteiger partial charge in [-0.3, -0.25) is 14.0 Å². The lowest BCUT2D eigenvalue weighted by molar-refractivity contribution is 0.0934. The van der Waals surface area contributed by atoms with E-state index in [0.717, 1.165) is 24.8 Å². The number of benzene rings is 2. The van der Waals surface area contributed by atoms with Gasteiger partial charge >= 0.3 is 0 Å². The molecule has 1 amide bonds. The molecule has 1 atom stereocenters. The van der Waals surface area contributed by atoms with Gasteiger partial charge in [-0.25, -0.2) is 4.98 Å². The van der Waals surface area contributed by atoms with Crippen LogP contribution in [-0.4, -0.2) is 15.3 Å². The van der Waals surface area contributed by atoms with Gasteiger partial charge in [0.2, 0.25) is 0 Å². The van der Waals surface area contributed by atoms with E-state index in [0.29, 0.717) is 27.1 Å². The van der Waals surface area contributed by atoms with Crippen molar-refractivity contribution in [1.82, 2.24) is 14.7 Å². The summed E-state index contributed by atoms with van der Waals surface area (Å²) < 4.78 is 1.41. The predicted octanol–water partition coefficient (Wildman–Crippen LogP) is 4.31. The molecule has 0 spiro atoms. The zero-order chi connectivity index (χ0) is 20.0. The molecular formula is C23H18ClN3O2. The van der Waals surface area contributed by atoms with Crippen molar-refractivity contribution in [2.24, 2.45) is 0 Å². The summed E-state index contributed by atoms with van der Waals surface area (Å²) in [5.41, 5.74) is 3.43. The Balaban J connectivity index is 1.59. The van der Waals surface area contributed by atoms with Crippen molar-refractivity contribution >= 4 is 34.1 Å². The Morgan fingerprint density at radius 2 is 2.00 bits per heavy atom. The number of amides is 1. The number of nitrogens with zero attached hydrogens (tertiary/aromatic N) is 2. The van der Waals surface area contributed by atoms with Crippen molar-refractivity contribution in [3.63, 3.8) is 0 Å². The average Bonchev–Trinajstić information content (AvgIpc) is 2.74. The van der Waals surface area contributed by atoms with Gasteiger partial charge in [-0.15, -0.1) is 0 Å². The van der Waals surface area contributed by atoms with Gasteiger partial charge in [0.1, 0.15) is 0 Å². The SMILES string of the molecule is O=C(NC1CCCc2ccccc21)c1cccn2c(=O)c3cc(Cl)ccc3nc12. The van der Waals surface area contributed by atoms with Crippen LogP contribution < -0.4 is 10.9 Å². The third kappa shape index (κ3) is 3.08. The molecule has 144 valence electrons. The smallest absolute Gasteiger partial charge is 0.265 e. The van der Waals surface area contributed by atoms with Crippen LogP contribution in [0.3, 0.4) is 0 Å². The zero-order valence-electron chi connectivity index (χ0n) is 15.6. The van der Waals surface area contributed by atoms with E-state index in [2.05, 4.69) is 22.4 Å². The van der Waals surface area contributed by atoms with E-state index in [-0.39, 0.29) is 17.5 Å². The van der Waals surface area contributed by atoms with Crippen LogP contribution in [0.4, 0.5) is 0 Å². The fourth-order valence-electron chi connectivity index (χ4n) is 4.12. The van der Waals surface area contributed by atoms with Crippen LogP contribution >= 0.6 is 11.6 Å². The summed E-state index contributed by atoms with van der Waals surface area (Å²) in [6.45, 7) is 0. The molecular weight excluding hydrogens is 386 g/mol. The minimum atomic E-state index is -0.245. The number of halogens is 1. The Hall–Kier alpha value is -3.18. The quantitative estimate of drug-likeness (QED) is 0.507. The molecule has 5 nitrogen and oxygen atoms in total. The third-order valence-corrected chi connectivity index (χ3v) is 5.76. The summed E-state index contributed by atoms with van der Waals surface area (Å²) in [5, 5.41) is 4.04. The molecule has 1 unspecified atom stereocenters. The van der Waals surface area contributed by atoms with Gasteiger partial charge in [-0.1, -0.05) is 35.9 Å². The van der Waals surface area contributed by atoms with Gasteiger partial charge in [0.15, 0.2) is 5.65 Å². The number of pyridine rings is 1. The molecule has 0 aliphatic heterocycles. The molecule has 0 radical (unpaired) electrons. The molecule has 6 heteroatoms. The highest BCUT2D eigenvalue weighted by atomic mass is 35.5. The molecule has 0 bridgehead atoms. The second-order valence-electron chi connectivity index (χ2n) is 7.31. The van der Waals surface area contributed by atoms with Crippen LogP contribution in [0.1, 0.15) is 40.4 Å². The first-order chi connectivity index (χ1) is 14.1. The van der Waals surface area contributed by atoms with Crippen molar-refractivity contribution in [1.29, 1.82) is 0 Å². The third-order valence-electron chi connectivity index (χ3n) is 5.52. The summed E-state index contributed by atoms with van der Waals surface area (Å²) in [6, 6.07) is 16.6. The number of fused-ring (bicyclic) bond motifs is 3. The largest absolute Gasteiger partial charge is 0.345 e. The van der Waals surface area contributed by atoms with Crippen molar-refractivity contribution in [2.75, 3.05) is 0 Å². The maximum Gasteiger partial charge on any atom is 0.265 e. The number of aromatic nitrogens is 2. The number of hydrogen-bond acceptors (Lipinski definition) is 3. The lowest BCUT2D eigenvalue weighted by Crippen LogP contribution is -2.32. The Morgan fingerprint density at radius 1 is 1.14 bits per heavy atom. The summed E-state index contributed by atoms with van der Waals surface area (Å²) in [7, 11) is 0. The van der Waals surface area contributed by atoms with Crippen LogP contribution in [0.25, 0.3) is 16.6 Å². The minimum absolute atomic E-state index is 0.0429. The molecule has 29 heavy (non-hydrogen) atoms. The van der Waals surface area contributed by atoms with E-state index in [9.17, 15) is 9.59 Å². The average molecular weight is 404 g/mol. The van der Waals surface area contributed by atoms with E-state index >= 15 is 0 Å². The Bertz CT molecular complexity index is 1330. The predicted molar refractivity (Wildman–Crippen MR) is 114 cm³/mol. The molecule has 1 N–H and O–H groups in total. The lowest BCUT2D eigenvalue weighted by atomic mass is 9.87. The molecule has 2 aromatic heterocycles. The number of aryl methyl sites for hydroxylation is 1. The molecule has 0 fully saturated rings. The molecule has 2 aromatic carbocycles. The summed E-state index contributed by atoms with van der Waals surface area (Å²) >= 11 is 6.03. The number of carbonyl (C=O) groups excluding carboxylic acids is 1. The van der Waals surface area contributed by atoms with Crippen LogP contribution in [0.5, 0.6) is 0 Å². The second-order valence-corrected chi connectivity index (χ2v) is 7.75. The Kier molecular flexibility index (Phi) is 4.32. The van der Waals surface area contributed by atoms with E-state index in [1.165, 1.54) is 9.96 Å². The van der Waals surface area contributed by atoms with Crippen LogP contribution in [0.15, 0.2) is 65.6 Å². The summed E-state index contributed by atoms with van der Waals surface area (Å²) in [5.74, 6) is -0.231. The minimum Gasteiger partial charge on any atom is -0.345 e. The lowest BCUT2D eigenvalue weighted by Gasteiger charge is -2.26. The highest BCUT2D eigenvalue weighted by Crippen LogP contribution is 2.30. The monoisotopic (exact) mass is 403 g/mol. The summed E-state index contributed by atoms with van der Waals surface area (Å²) in [4.78, 5) is 30.6. The van der Waals surface area contributed by atoms with Gasteiger partial charge < -0.3 is 5.32 Å². The van der Waals surface area contributed by atoms with Crippen molar-refractivity contribution < 1.29 is 4.79 Å². The van der Waals surface area contributed by atoms with E-state index in [4.69, 9.17) is 11.6 Å². The summed E-state index contributed by atoms with van der Waals surface area (Å²) in [6.07, 6.45) is 4.57. The molecule has 1 aliphatic carbocycles. The van der Waals surface area contributed by atoms with E-state index in [1.54, 1.807) is 36.5 Å². The maximum atomic E-state index is 13.2. The van der Waals surface area contributed by atoms with Gasteiger partial charge in [0.25, 0.3) is 11.5 Å². The molecule has 1 aliphatic rings. The fourth-order valence-corrected chi connectivity index (χ4v) is 4.29. The van der Waals surface area contributed by atoms with Gasteiger partial charge in [-0.2, -0.15) is 0 Å². The topological polar surface area (TPSA) is 63.5 Å². The van der Waals surface area contributed by atoms with Gasteiger partial charge in [0.05, 0.1) is 22.5 Å². The first-order valence-electron chi connectivity index (χ1n) is 9.61. The van der Waals surface area contributed by atoms with Gasteiger partial charge in [0, 0.05) is 11.2 Å². The number of rotatable bonds is 2. The molecule has 4 aromatic rings. The highest BCUT2D eigenvalue weighted by Gasteiger charge is 2.23. The second kappa shape index (κ2) is 7.01. The fraction of sp³-hybridized carbons (Fsp3) is 0.174. The van der Waals surface area contributed by atoms with Crippen molar-refractivity contribution in [2.45, 2.75) is 25.3 Å². The van der Waals surface area contributed by atoms with E-state index < -0.39 is 0 Å². The zero-order valence-corrected chi connectivity index (χ0v) is 16.3. The maximum absolute atomic E-state index is 13.2. The molecule has 2 heterocycles. The van der Waals surface area contributed by atoms with Crippen molar-refractivity contribution in [3.05, 3.63) is 92.9 Å². The molecule has 0 saturated carbocycles. The van der Waals surface area contributed by atoms with Crippen LogP contribution in [0.2, 0.25) is 5.02 Å².